The second kappa shape index (κ2) is 9.34. The first kappa shape index (κ1) is 21.1. The van der Waals surface area contributed by atoms with E-state index in [0.29, 0.717) is 34.3 Å². The predicted molar refractivity (Wildman–Crippen MR) is 118 cm³/mol. The summed E-state index contributed by atoms with van der Waals surface area (Å²) in [5.74, 6) is 1.24. The lowest BCUT2D eigenvalue weighted by Crippen LogP contribution is -2.12. The molecular formula is C25H21FN2O4. The number of carbonyl (C=O) groups is 1. The Morgan fingerprint density at radius 1 is 1.00 bits per heavy atom. The monoisotopic (exact) mass is 432 g/mol. The van der Waals surface area contributed by atoms with E-state index >= 15 is 0 Å². The number of halogens is 1. The minimum Gasteiger partial charge on any atom is -0.489 e. The zero-order valence-corrected chi connectivity index (χ0v) is 17.6. The molecule has 7 heteroatoms. The molecule has 1 heterocycles. The molecule has 0 radical (unpaired) electrons. The summed E-state index contributed by atoms with van der Waals surface area (Å²) in [6, 6.07) is 19.6. The number of aryl methyl sites for hydroxylation is 2. The van der Waals surface area contributed by atoms with Crippen LogP contribution in [0, 0.1) is 19.7 Å². The van der Waals surface area contributed by atoms with Crippen molar-refractivity contribution in [1.82, 2.24) is 5.16 Å². The van der Waals surface area contributed by atoms with Crippen molar-refractivity contribution in [2.45, 2.75) is 20.5 Å². The van der Waals surface area contributed by atoms with Crippen LogP contribution in [-0.4, -0.2) is 11.1 Å². The zero-order valence-electron chi connectivity index (χ0n) is 17.6. The number of para-hydroxylation sites is 2. The molecule has 0 saturated carbocycles. The number of amides is 1. The van der Waals surface area contributed by atoms with E-state index in [1.54, 1.807) is 60.7 Å². The summed E-state index contributed by atoms with van der Waals surface area (Å²) < 4.78 is 30.2. The van der Waals surface area contributed by atoms with Crippen molar-refractivity contribution in [3.05, 3.63) is 101 Å². The third-order valence-electron chi connectivity index (χ3n) is 4.82. The molecule has 32 heavy (non-hydrogen) atoms. The third-order valence-corrected chi connectivity index (χ3v) is 4.82. The van der Waals surface area contributed by atoms with Crippen molar-refractivity contribution in [3.63, 3.8) is 0 Å². The highest BCUT2D eigenvalue weighted by Gasteiger charge is 2.13. The largest absolute Gasteiger partial charge is 0.489 e. The van der Waals surface area contributed by atoms with Gasteiger partial charge in [0.15, 0.2) is 5.75 Å². The van der Waals surface area contributed by atoms with Crippen LogP contribution >= 0.6 is 0 Å². The molecule has 0 aliphatic heterocycles. The summed E-state index contributed by atoms with van der Waals surface area (Å²) in [6.45, 7) is 3.96. The van der Waals surface area contributed by atoms with Gasteiger partial charge >= 0.3 is 0 Å². The van der Waals surface area contributed by atoms with E-state index < -0.39 is 5.82 Å². The zero-order chi connectivity index (χ0) is 22.5. The van der Waals surface area contributed by atoms with E-state index in [1.165, 1.54) is 12.1 Å². The molecule has 1 N–H and O–H groups in total. The highest BCUT2D eigenvalue weighted by atomic mass is 19.1. The summed E-state index contributed by atoms with van der Waals surface area (Å²) in [5.41, 5.74) is 2.53. The normalized spacial score (nSPS) is 10.6. The maximum Gasteiger partial charge on any atom is 0.255 e. The fraction of sp³-hybridized carbons (Fsp3) is 0.120. The second-order valence-corrected chi connectivity index (χ2v) is 7.13. The van der Waals surface area contributed by atoms with Gasteiger partial charge in [-0.25, -0.2) is 4.39 Å². The summed E-state index contributed by atoms with van der Waals surface area (Å²) >= 11 is 0. The molecule has 4 rings (SSSR count). The van der Waals surface area contributed by atoms with E-state index in [-0.39, 0.29) is 12.5 Å². The Labute approximate surface area is 184 Å². The molecule has 162 valence electrons. The van der Waals surface area contributed by atoms with Gasteiger partial charge in [-0.3, -0.25) is 4.79 Å². The van der Waals surface area contributed by atoms with Gasteiger partial charge < -0.3 is 19.3 Å². The number of anilines is 1. The molecule has 0 saturated heterocycles. The number of nitrogens with zero attached hydrogens (tertiary/aromatic N) is 1. The molecule has 0 spiro atoms. The molecular weight excluding hydrogens is 411 g/mol. The summed E-state index contributed by atoms with van der Waals surface area (Å²) in [6.07, 6.45) is 0. The Balaban J connectivity index is 1.47. The minimum absolute atomic E-state index is 0.288. The van der Waals surface area contributed by atoms with E-state index in [4.69, 9.17) is 14.0 Å². The van der Waals surface area contributed by atoms with Gasteiger partial charge in [0.25, 0.3) is 5.91 Å². The van der Waals surface area contributed by atoms with Gasteiger partial charge in [0.2, 0.25) is 0 Å². The predicted octanol–water partition coefficient (Wildman–Crippen LogP) is 6.05. The number of hydrogen-bond acceptors (Lipinski definition) is 5. The Morgan fingerprint density at radius 2 is 1.78 bits per heavy atom. The van der Waals surface area contributed by atoms with Crippen molar-refractivity contribution < 1.29 is 23.2 Å². The number of carbonyl (C=O) groups excluding carboxylic acids is 1. The summed E-state index contributed by atoms with van der Waals surface area (Å²) in [7, 11) is 0. The van der Waals surface area contributed by atoms with Crippen LogP contribution in [0.15, 0.2) is 77.3 Å². The number of rotatable bonds is 7. The first-order chi connectivity index (χ1) is 15.5. The van der Waals surface area contributed by atoms with E-state index in [0.717, 1.165) is 11.3 Å². The lowest BCUT2D eigenvalue weighted by atomic mass is 10.2. The number of aromatic nitrogens is 1. The second-order valence-electron chi connectivity index (χ2n) is 7.13. The molecule has 6 nitrogen and oxygen atoms in total. The van der Waals surface area contributed by atoms with Gasteiger partial charge in [0.05, 0.1) is 16.9 Å². The summed E-state index contributed by atoms with van der Waals surface area (Å²) in [5, 5.41) is 6.75. The Hall–Kier alpha value is -4.13. The van der Waals surface area contributed by atoms with Crippen LogP contribution in [0.2, 0.25) is 0 Å². The fourth-order valence-corrected chi connectivity index (χ4v) is 3.10. The maximum atomic E-state index is 13.5. The number of benzene rings is 3. The molecule has 1 aromatic heterocycles. The number of hydrogen-bond donors (Lipinski definition) is 1. The average Bonchev–Trinajstić information content (AvgIpc) is 3.11. The Kier molecular flexibility index (Phi) is 6.17. The van der Waals surface area contributed by atoms with Gasteiger partial charge in [-0.15, -0.1) is 0 Å². The molecule has 0 atom stereocenters. The topological polar surface area (TPSA) is 73.6 Å². The molecule has 0 fully saturated rings. The van der Waals surface area contributed by atoms with Crippen molar-refractivity contribution in [2.75, 3.05) is 5.32 Å². The molecule has 4 aromatic rings. The van der Waals surface area contributed by atoms with Crippen LogP contribution in [0.25, 0.3) is 0 Å². The van der Waals surface area contributed by atoms with Crippen LogP contribution in [0.1, 0.15) is 27.4 Å². The molecule has 0 unspecified atom stereocenters. The smallest absolute Gasteiger partial charge is 0.255 e. The standard InChI is InChI=1S/C25H21FN2O4/c1-16-22(17(2)32-28-16)15-30-20-9-5-7-18(13-20)25(29)27-23-11-3-4-12-24(23)31-21-10-6-8-19(26)14-21/h3-14H,15H2,1-2H3,(H,27,29). The highest BCUT2D eigenvalue weighted by Crippen LogP contribution is 2.30. The van der Waals surface area contributed by atoms with E-state index in [2.05, 4.69) is 10.5 Å². The average molecular weight is 432 g/mol. The first-order valence-electron chi connectivity index (χ1n) is 9.98. The lowest BCUT2D eigenvalue weighted by molar-refractivity contribution is 0.102. The van der Waals surface area contributed by atoms with Crippen LogP contribution < -0.4 is 14.8 Å². The first-order valence-corrected chi connectivity index (χ1v) is 9.98. The van der Waals surface area contributed by atoms with Gasteiger partial charge in [-0.05, 0) is 56.3 Å². The molecule has 0 bridgehead atoms. The van der Waals surface area contributed by atoms with E-state index in [9.17, 15) is 9.18 Å². The minimum atomic E-state index is -0.405. The molecule has 1 amide bonds. The molecule has 0 aliphatic carbocycles. The van der Waals surface area contributed by atoms with Crippen molar-refractivity contribution in [2.24, 2.45) is 0 Å². The van der Waals surface area contributed by atoms with Gasteiger partial charge in [0, 0.05) is 11.6 Å². The Bertz CT molecular complexity index is 1230. The third kappa shape index (κ3) is 4.95. The number of nitrogens with one attached hydrogen (secondary N) is 1. The van der Waals surface area contributed by atoms with Crippen LogP contribution in [0.5, 0.6) is 17.2 Å². The van der Waals surface area contributed by atoms with Crippen molar-refractivity contribution >= 4 is 11.6 Å². The van der Waals surface area contributed by atoms with Crippen LogP contribution in [-0.2, 0) is 6.61 Å². The van der Waals surface area contributed by atoms with Crippen molar-refractivity contribution in [3.8, 4) is 17.2 Å². The van der Waals surface area contributed by atoms with Crippen molar-refractivity contribution in [1.29, 1.82) is 0 Å². The van der Waals surface area contributed by atoms with Crippen LogP contribution in [0.3, 0.4) is 0 Å². The fourth-order valence-electron chi connectivity index (χ4n) is 3.10. The summed E-state index contributed by atoms with van der Waals surface area (Å²) in [4.78, 5) is 12.9. The van der Waals surface area contributed by atoms with Gasteiger partial charge in [0.1, 0.15) is 29.7 Å². The van der Waals surface area contributed by atoms with Gasteiger partial charge in [-0.1, -0.05) is 29.4 Å². The molecule has 0 aliphatic rings. The van der Waals surface area contributed by atoms with Gasteiger partial charge in [-0.2, -0.15) is 0 Å². The quantitative estimate of drug-likeness (QED) is 0.385. The lowest BCUT2D eigenvalue weighted by Gasteiger charge is -2.13. The Morgan fingerprint density at radius 3 is 2.56 bits per heavy atom. The number of ether oxygens (including phenoxy) is 2. The maximum absolute atomic E-state index is 13.5. The van der Waals surface area contributed by atoms with Crippen LogP contribution in [0.4, 0.5) is 10.1 Å². The molecule has 3 aromatic carbocycles. The SMILES string of the molecule is Cc1noc(C)c1COc1cccc(C(=O)Nc2ccccc2Oc2cccc(F)c2)c1. The highest BCUT2D eigenvalue weighted by molar-refractivity contribution is 6.05. The van der Waals surface area contributed by atoms with E-state index in [1.807, 2.05) is 13.8 Å².